The fraction of sp³-hybridized carbons (Fsp3) is 0.667. The molecule has 0 aliphatic carbocycles. The maximum atomic E-state index is 11.7. The van der Waals surface area contributed by atoms with Gasteiger partial charge in [-0.3, -0.25) is 9.48 Å². The van der Waals surface area contributed by atoms with Crippen LogP contribution in [-0.2, 0) is 4.79 Å². The van der Waals surface area contributed by atoms with Gasteiger partial charge in [-0.25, -0.2) is 0 Å². The van der Waals surface area contributed by atoms with Crippen LogP contribution in [0.15, 0.2) is 18.5 Å². The number of hydrogen-bond donors (Lipinski definition) is 1. The normalized spacial score (nSPS) is 18.6. The zero-order valence-corrected chi connectivity index (χ0v) is 10.5. The Labute approximate surface area is 102 Å². The molecule has 1 N–H and O–H groups in total. The van der Waals surface area contributed by atoms with E-state index in [0.717, 1.165) is 19.5 Å². The zero-order chi connectivity index (χ0) is 12.3. The number of carbonyl (C=O) groups excluding carboxylic acids is 1. The summed E-state index contributed by atoms with van der Waals surface area (Å²) in [5.74, 6) is 0.204. The van der Waals surface area contributed by atoms with Gasteiger partial charge in [-0.1, -0.05) is 0 Å². The zero-order valence-electron chi connectivity index (χ0n) is 10.5. The predicted octanol–water partition coefficient (Wildman–Crippen LogP) is 0.654. The summed E-state index contributed by atoms with van der Waals surface area (Å²) in [6.45, 7) is 6.44. The van der Waals surface area contributed by atoms with E-state index < -0.39 is 0 Å². The molecule has 17 heavy (non-hydrogen) atoms. The Balaban J connectivity index is 1.76. The van der Waals surface area contributed by atoms with Gasteiger partial charge in [0.1, 0.15) is 0 Å². The van der Waals surface area contributed by atoms with Crippen molar-refractivity contribution in [1.82, 2.24) is 20.0 Å². The molecular formula is C12H20N4O. The third kappa shape index (κ3) is 2.85. The third-order valence-electron chi connectivity index (χ3n) is 3.45. The van der Waals surface area contributed by atoms with Crippen molar-refractivity contribution < 1.29 is 4.79 Å². The second-order valence-electron chi connectivity index (χ2n) is 4.63. The van der Waals surface area contributed by atoms with E-state index in [0.29, 0.717) is 6.54 Å². The minimum atomic E-state index is 0.204. The average Bonchev–Trinajstić information content (AvgIpc) is 2.75. The molecule has 5 heteroatoms. The van der Waals surface area contributed by atoms with Crippen LogP contribution in [0.1, 0.15) is 26.3 Å². The summed E-state index contributed by atoms with van der Waals surface area (Å²) in [5, 5.41) is 7.48. The summed E-state index contributed by atoms with van der Waals surface area (Å²) in [6, 6.07) is 2.38. The van der Waals surface area contributed by atoms with Crippen LogP contribution in [0.25, 0.3) is 0 Å². The van der Waals surface area contributed by atoms with Crippen LogP contribution in [0.5, 0.6) is 0 Å². The molecule has 2 unspecified atom stereocenters. The highest BCUT2D eigenvalue weighted by molar-refractivity contribution is 5.78. The van der Waals surface area contributed by atoms with Gasteiger partial charge in [0.25, 0.3) is 0 Å². The minimum Gasteiger partial charge on any atom is -0.341 e. The lowest BCUT2D eigenvalue weighted by Crippen LogP contribution is -2.48. The van der Waals surface area contributed by atoms with Crippen molar-refractivity contribution in [3.63, 3.8) is 0 Å². The van der Waals surface area contributed by atoms with Gasteiger partial charge < -0.3 is 10.2 Å². The van der Waals surface area contributed by atoms with E-state index in [1.54, 1.807) is 6.20 Å². The molecule has 2 atom stereocenters. The van der Waals surface area contributed by atoms with Gasteiger partial charge in [-0.05, 0) is 26.3 Å². The van der Waals surface area contributed by atoms with Crippen LogP contribution in [0, 0.1) is 0 Å². The first-order valence-electron chi connectivity index (χ1n) is 6.19. The molecule has 0 spiro atoms. The van der Waals surface area contributed by atoms with Crippen molar-refractivity contribution in [2.24, 2.45) is 0 Å². The fourth-order valence-electron chi connectivity index (χ4n) is 1.85. The van der Waals surface area contributed by atoms with E-state index in [9.17, 15) is 4.79 Å². The molecule has 2 rings (SSSR count). The number of rotatable bonds is 5. The van der Waals surface area contributed by atoms with Gasteiger partial charge >= 0.3 is 0 Å². The number of nitrogens with one attached hydrogen (secondary N) is 1. The van der Waals surface area contributed by atoms with Crippen LogP contribution in [-0.4, -0.2) is 46.3 Å². The predicted molar refractivity (Wildman–Crippen MR) is 65.6 cm³/mol. The van der Waals surface area contributed by atoms with Gasteiger partial charge in [-0.2, -0.15) is 5.10 Å². The second kappa shape index (κ2) is 5.31. The van der Waals surface area contributed by atoms with E-state index in [-0.39, 0.29) is 18.0 Å². The van der Waals surface area contributed by atoms with E-state index >= 15 is 0 Å². The highest BCUT2D eigenvalue weighted by Crippen LogP contribution is 2.09. The molecule has 1 aliphatic heterocycles. The van der Waals surface area contributed by atoms with Gasteiger partial charge in [0.2, 0.25) is 5.91 Å². The summed E-state index contributed by atoms with van der Waals surface area (Å²) in [4.78, 5) is 13.6. The van der Waals surface area contributed by atoms with Crippen molar-refractivity contribution in [3.8, 4) is 0 Å². The number of likely N-dealkylation sites (tertiary alicyclic amines) is 1. The van der Waals surface area contributed by atoms with E-state index in [1.807, 2.05) is 21.8 Å². The van der Waals surface area contributed by atoms with Crippen LogP contribution in [0.2, 0.25) is 0 Å². The SMILES string of the molecule is CC(NCC(=O)N1CCC1)C(C)n1cccn1. The minimum absolute atomic E-state index is 0.204. The van der Waals surface area contributed by atoms with Crippen molar-refractivity contribution in [2.45, 2.75) is 32.4 Å². The van der Waals surface area contributed by atoms with Crippen molar-refractivity contribution in [2.75, 3.05) is 19.6 Å². The quantitative estimate of drug-likeness (QED) is 0.817. The van der Waals surface area contributed by atoms with Gasteiger partial charge in [0, 0.05) is 31.5 Å². The topological polar surface area (TPSA) is 50.2 Å². The summed E-state index contributed by atoms with van der Waals surface area (Å²) >= 11 is 0. The smallest absolute Gasteiger partial charge is 0.236 e. The highest BCUT2D eigenvalue weighted by atomic mass is 16.2. The molecule has 1 aromatic rings. The lowest BCUT2D eigenvalue weighted by molar-refractivity contribution is -0.133. The van der Waals surface area contributed by atoms with Crippen LogP contribution < -0.4 is 5.32 Å². The summed E-state index contributed by atoms with van der Waals surface area (Å²) < 4.78 is 1.91. The molecule has 2 heterocycles. The molecule has 0 bridgehead atoms. The number of aromatic nitrogens is 2. The van der Waals surface area contributed by atoms with Crippen LogP contribution in [0.4, 0.5) is 0 Å². The number of nitrogens with zero attached hydrogens (tertiary/aromatic N) is 3. The van der Waals surface area contributed by atoms with Crippen LogP contribution in [0.3, 0.4) is 0 Å². The molecule has 0 aromatic carbocycles. The molecule has 0 saturated carbocycles. The van der Waals surface area contributed by atoms with Crippen LogP contribution >= 0.6 is 0 Å². The number of amides is 1. The fourth-order valence-corrected chi connectivity index (χ4v) is 1.85. The van der Waals surface area contributed by atoms with E-state index in [2.05, 4.69) is 24.3 Å². The maximum absolute atomic E-state index is 11.7. The lowest BCUT2D eigenvalue weighted by Gasteiger charge is -2.32. The Morgan fingerprint density at radius 1 is 1.47 bits per heavy atom. The Kier molecular flexibility index (Phi) is 3.78. The monoisotopic (exact) mass is 236 g/mol. The molecule has 1 fully saturated rings. The summed E-state index contributed by atoms with van der Waals surface area (Å²) in [6.07, 6.45) is 4.86. The van der Waals surface area contributed by atoms with Gasteiger partial charge in [-0.15, -0.1) is 0 Å². The molecular weight excluding hydrogens is 216 g/mol. The van der Waals surface area contributed by atoms with Crippen molar-refractivity contribution in [1.29, 1.82) is 0 Å². The molecule has 0 radical (unpaired) electrons. The Hall–Kier alpha value is -1.36. The van der Waals surface area contributed by atoms with E-state index in [1.165, 1.54) is 0 Å². The molecule has 1 aromatic heterocycles. The van der Waals surface area contributed by atoms with Gasteiger partial charge in [0.05, 0.1) is 12.6 Å². The first-order chi connectivity index (χ1) is 8.18. The molecule has 1 aliphatic rings. The lowest BCUT2D eigenvalue weighted by atomic mass is 10.1. The van der Waals surface area contributed by atoms with E-state index in [4.69, 9.17) is 0 Å². The average molecular weight is 236 g/mol. The Morgan fingerprint density at radius 2 is 2.24 bits per heavy atom. The molecule has 94 valence electrons. The Bertz CT molecular complexity index is 359. The molecule has 1 amide bonds. The maximum Gasteiger partial charge on any atom is 0.236 e. The highest BCUT2D eigenvalue weighted by Gasteiger charge is 2.21. The summed E-state index contributed by atoms with van der Waals surface area (Å²) in [5.41, 5.74) is 0. The van der Waals surface area contributed by atoms with Crippen molar-refractivity contribution >= 4 is 5.91 Å². The number of hydrogen-bond acceptors (Lipinski definition) is 3. The van der Waals surface area contributed by atoms with Crippen molar-refractivity contribution in [3.05, 3.63) is 18.5 Å². The standard InChI is InChI=1S/C12H20N4O/c1-10(11(2)16-8-3-5-14-16)13-9-12(17)15-6-4-7-15/h3,5,8,10-11,13H,4,6-7,9H2,1-2H3. The Morgan fingerprint density at radius 3 is 2.76 bits per heavy atom. The largest absolute Gasteiger partial charge is 0.341 e. The summed E-state index contributed by atoms with van der Waals surface area (Å²) in [7, 11) is 0. The number of carbonyl (C=O) groups is 1. The van der Waals surface area contributed by atoms with Gasteiger partial charge in [0.15, 0.2) is 0 Å². The first kappa shape index (κ1) is 12.1. The molecule has 5 nitrogen and oxygen atoms in total. The first-order valence-corrected chi connectivity index (χ1v) is 6.19. The molecule has 1 saturated heterocycles. The second-order valence-corrected chi connectivity index (χ2v) is 4.63. The third-order valence-corrected chi connectivity index (χ3v) is 3.45.